The molecule has 1 heterocycles. The predicted octanol–water partition coefficient (Wildman–Crippen LogP) is 3.23. The second kappa shape index (κ2) is 4.78. The van der Waals surface area contributed by atoms with Gasteiger partial charge in [-0.3, -0.25) is 0 Å². The maximum absolute atomic E-state index is 11.1. The van der Waals surface area contributed by atoms with Crippen molar-refractivity contribution in [3.63, 3.8) is 0 Å². The second-order valence-electron chi connectivity index (χ2n) is 4.95. The molecule has 1 saturated carbocycles. The van der Waals surface area contributed by atoms with Gasteiger partial charge < -0.3 is 10.2 Å². The van der Waals surface area contributed by atoms with Gasteiger partial charge in [0.1, 0.15) is 0 Å². The molecule has 2 N–H and O–H groups in total. The maximum atomic E-state index is 11.1. The smallest absolute Gasteiger partial charge is 0.336 e. The van der Waals surface area contributed by atoms with E-state index in [9.17, 15) is 9.90 Å². The molecule has 1 atom stereocenters. The Morgan fingerprint density at radius 2 is 2.06 bits per heavy atom. The van der Waals surface area contributed by atoms with Gasteiger partial charge in [0, 0.05) is 0 Å². The molecule has 0 spiro atoms. The van der Waals surface area contributed by atoms with Crippen LogP contribution in [0.1, 0.15) is 54.3 Å². The van der Waals surface area contributed by atoms with Gasteiger partial charge in [-0.25, -0.2) is 4.79 Å². The minimum absolute atomic E-state index is 0.188. The Kier molecular flexibility index (Phi) is 3.54. The van der Waals surface area contributed by atoms with Gasteiger partial charge in [0.05, 0.1) is 16.0 Å². The van der Waals surface area contributed by atoms with Gasteiger partial charge in [0.15, 0.2) is 0 Å². The minimum Gasteiger partial charge on any atom is -0.478 e. The minimum atomic E-state index is -0.998. The molecular formula is C13H18O3S. The number of hydrogen-bond acceptors (Lipinski definition) is 3. The van der Waals surface area contributed by atoms with Gasteiger partial charge in [-0.2, -0.15) is 0 Å². The summed E-state index contributed by atoms with van der Waals surface area (Å²) >= 11 is 1.35. The number of carboxylic acid groups (broad SMARTS) is 1. The normalized spacial score (nSPS) is 21.1. The van der Waals surface area contributed by atoms with Crippen LogP contribution in [-0.2, 0) is 5.60 Å². The molecule has 1 fully saturated rings. The molecule has 1 aromatic rings. The van der Waals surface area contributed by atoms with E-state index < -0.39 is 11.6 Å². The molecule has 94 valence electrons. The summed E-state index contributed by atoms with van der Waals surface area (Å²) in [6.45, 7) is 1.77. The van der Waals surface area contributed by atoms with Crippen molar-refractivity contribution in [2.75, 3.05) is 0 Å². The number of thiophene rings is 1. The van der Waals surface area contributed by atoms with Gasteiger partial charge >= 0.3 is 5.97 Å². The van der Waals surface area contributed by atoms with Gasteiger partial charge in [-0.05, 0) is 37.1 Å². The van der Waals surface area contributed by atoms with Crippen LogP contribution in [0.4, 0.5) is 0 Å². The van der Waals surface area contributed by atoms with E-state index in [1.54, 1.807) is 18.4 Å². The molecule has 0 bridgehead atoms. The highest BCUT2D eigenvalue weighted by Gasteiger charge is 2.38. The molecule has 1 aromatic heterocycles. The fraction of sp³-hybridized carbons (Fsp3) is 0.615. The van der Waals surface area contributed by atoms with Gasteiger partial charge in [0.25, 0.3) is 0 Å². The molecule has 1 aliphatic rings. The lowest BCUT2D eigenvalue weighted by Gasteiger charge is -2.35. The van der Waals surface area contributed by atoms with Crippen LogP contribution in [0.5, 0.6) is 0 Å². The molecule has 0 aromatic carbocycles. The van der Waals surface area contributed by atoms with Crippen LogP contribution in [-0.4, -0.2) is 16.2 Å². The third-order valence-electron chi connectivity index (χ3n) is 3.76. The summed E-state index contributed by atoms with van der Waals surface area (Å²) in [5.41, 5.74) is -0.743. The Bertz CT molecular complexity index is 403. The summed E-state index contributed by atoms with van der Waals surface area (Å²) in [5, 5.41) is 21.5. The van der Waals surface area contributed by atoms with Crippen LogP contribution < -0.4 is 0 Å². The van der Waals surface area contributed by atoms with Crippen LogP contribution in [0.3, 0.4) is 0 Å². The molecule has 0 saturated heterocycles. The average molecular weight is 254 g/mol. The summed E-state index contributed by atoms with van der Waals surface area (Å²) in [5.74, 6) is -0.759. The van der Waals surface area contributed by atoms with Crippen molar-refractivity contribution in [1.82, 2.24) is 0 Å². The van der Waals surface area contributed by atoms with Crippen molar-refractivity contribution < 1.29 is 15.0 Å². The van der Waals surface area contributed by atoms with Gasteiger partial charge in [-0.15, -0.1) is 11.3 Å². The summed E-state index contributed by atoms with van der Waals surface area (Å²) in [7, 11) is 0. The van der Waals surface area contributed by atoms with E-state index in [4.69, 9.17) is 5.11 Å². The van der Waals surface area contributed by atoms with Gasteiger partial charge in [-0.1, -0.05) is 19.3 Å². The Morgan fingerprint density at radius 1 is 1.41 bits per heavy atom. The van der Waals surface area contributed by atoms with E-state index in [0.29, 0.717) is 4.88 Å². The Hall–Kier alpha value is -0.870. The lowest BCUT2D eigenvalue weighted by atomic mass is 9.76. The quantitative estimate of drug-likeness (QED) is 0.870. The SMILES string of the molecule is CC(O)(c1sccc1C(=O)O)C1CCCCC1. The van der Waals surface area contributed by atoms with Crippen molar-refractivity contribution in [2.24, 2.45) is 5.92 Å². The van der Waals surface area contributed by atoms with Crippen LogP contribution in [0, 0.1) is 5.92 Å². The zero-order valence-corrected chi connectivity index (χ0v) is 10.8. The van der Waals surface area contributed by atoms with E-state index in [0.717, 1.165) is 25.7 Å². The monoisotopic (exact) mass is 254 g/mol. The summed E-state index contributed by atoms with van der Waals surface area (Å²) in [6, 6.07) is 1.58. The van der Waals surface area contributed by atoms with E-state index >= 15 is 0 Å². The Balaban J connectivity index is 2.29. The largest absolute Gasteiger partial charge is 0.478 e. The summed E-state index contributed by atoms with van der Waals surface area (Å²) in [6.07, 6.45) is 5.47. The number of carboxylic acids is 1. The zero-order chi connectivity index (χ0) is 12.5. The number of aromatic carboxylic acids is 1. The Morgan fingerprint density at radius 3 is 2.65 bits per heavy atom. The highest BCUT2D eigenvalue weighted by Crippen LogP contribution is 2.42. The highest BCUT2D eigenvalue weighted by molar-refractivity contribution is 7.10. The summed E-state index contributed by atoms with van der Waals surface area (Å²) in [4.78, 5) is 11.7. The first-order valence-electron chi connectivity index (χ1n) is 6.07. The number of carbonyl (C=O) groups is 1. The van der Waals surface area contributed by atoms with Crippen molar-refractivity contribution >= 4 is 17.3 Å². The fourth-order valence-corrected chi connectivity index (χ4v) is 3.75. The van der Waals surface area contributed by atoms with Crippen LogP contribution in [0.15, 0.2) is 11.4 Å². The highest BCUT2D eigenvalue weighted by atomic mass is 32.1. The van der Waals surface area contributed by atoms with Crippen molar-refractivity contribution in [3.05, 3.63) is 21.9 Å². The molecule has 3 nitrogen and oxygen atoms in total. The zero-order valence-electron chi connectivity index (χ0n) is 9.98. The van der Waals surface area contributed by atoms with Crippen LogP contribution in [0.25, 0.3) is 0 Å². The van der Waals surface area contributed by atoms with E-state index in [-0.39, 0.29) is 11.5 Å². The third-order valence-corrected chi connectivity index (χ3v) is 4.90. The first kappa shape index (κ1) is 12.6. The van der Waals surface area contributed by atoms with Crippen LogP contribution in [0.2, 0.25) is 0 Å². The van der Waals surface area contributed by atoms with Crippen molar-refractivity contribution in [2.45, 2.75) is 44.6 Å². The van der Waals surface area contributed by atoms with E-state index in [1.807, 2.05) is 0 Å². The molecule has 1 unspecified atom stereocenters. The standard InChI is InChI=1S/C13H18O3S/c1-13(16,9-5-3-2-4-6-9)11-10(12(14)15)7-8-17-11/h7-9,16H,2-6H2,1H3,(H,14,15). The number of rotatable bonds is 3. The number of hydrogen-bond donors (Lipinski definition) is 2. The van der Waals surface area contributed by atoms with Crippen molar-refractivity contribution in [1.29, 1.82) is 0 Å². The second-order valence-corrected chi connectivity index (χ2v) is 5.87. The lowest BCUT2D eigenvalue weighted by molar-refractivity contribution is -0.0192. The topological polar surface area (TPSA) is 57.5 Å². The third kappa shape index (κ3) is 2.38. The molecule has 1 aliphatic carbocycles. The summed E-state index contributed by atoms with van der Waals surface area (Å²) < 4.78 is 0. The van der Waals surface area contributed by atoms with Crippen LogP contribution >= 0.6 is 11.3 Å². The molecule has 0 aliphatic heterocycles. The molecule has 0 radical (unpaired) electrons. The average Bonchev–Trinajstić information content (AvgIpc) is 2.80. The first-order chi connectivity index (χ1) is 8.03. The van der Waals surface area contributed by atoms with Crippen molar-refractivity contribution in [3.8, 4) is 0 Å². The fourth-order valence-electron chi connectivity index (χ4n) is 2.72. The molecule has 17 heavy (non-hydrogen) atoms. The molecule has 0 amide bonds. The molecule has 2 rings (SSSR count). The van der Waals surface area contributed by atoms with Gasteiger partial charge in [0.2, 0.25) is 0 Å². The Labute approximate surface area is 105 Å². The molecular weight excluding hydrogens is 236 g/mol. The number of aliphatic hydroxyl groups is 1. The van der Waals surface area contributed by atoms with E-state index in [2.05, 4.69) is 0 Å². The van der Waals surface area contributed by atoms with E-state index in [1.165, 1.54) is 17.8 Å². The first-order valence-corrected chi connectivity index (χ1v) is 6.95. The maximum Gasteiger partial charge on any atom is 0.336 e. The predicted molar refractivity (Wildman–Crippen MR) is 67.4 cm³/mol. The molecule has 4 heteroatoms. The lowest BCUT2D eigenvalue weighted by Crippen LogP contribution is -2.33.